The summed E-state index contributed by atoms with van der Waals surface area (Å²) in [5.74, 6) is -15.0. The first-order chi connectivity index (χ1) is 8.75. The normalized spacial score (nSPS) is 10.2. The van der Waals surface area contributed by atoms with Crippen LogP contribution in [0.25, 0.3) is 0 Å². The first kappa shape index (κ1) is 14.7. The van der Waals surface area contributed by atoms with Gasteiger partial charge in [0.25, 0.3) is 0 Å². The summed E-state index contributed by atoms with van der Waals surface area (Å²) in [5.41, 5.74) is 9.73. The minimum atomic E-state index is -2.36. The molecule has 0 bridgehead atoms. The molecule has 10 heteroatoms. The standard InChI is InChI=1S/C9H6F5N3O2/c10-3-4(11)6(13)8(7(14)5(3)12)19-2(18)1-17-9(15)16/h1H2,(H4,15,16,17). The van der Waals surface area contributed by atoms with Gasteiger partial charge in [0.15, 0.2) is 5.96 Å². The molecule has 1 rings (SSSR count). The number of nitrogens with zero attached hydrogens (tertiary/aromatic N) is 1. The monoisotopic (exact) mass is 283 g/mol. The van der Waals surface area contributed by atoms with Crippen LogP contribution in [-0.4, -0.2) is 18.5 Å². The zero-order valence-electron chi connectivity index (χ0n) is 9.02. The summed E-state index contributed by atoms with van der Waals surface area (Å²) in [5, 5.41) is 0. The van der Waals surface area contributed by atoms with Crippen LogP contribution < -0.4 is 16.2 Å². The SMILES string of the molecule is NC(N)=NCC(=O)Oc1c(F)c(F)c(F)c(F)c1F. The summed E-state index contributed by atoms with van der Waals surface area (Å²) in [6, 6.07) is 0. The summed E-state index contributed by atoms with van der Waals surface area (Å²) in [4.78, 5) is 14.2. The Balaban J connectivity index is 3.09. The molecule has 0 unspecified atom stereocenters. The lowest BCUT2D eigenvalue weighted by atomic mass is 10.2. The maximum absolute atomic E-state index is 13.1. The van der Waals surface area contributed by atoms with Gasteiger partial charge in [0.05, 0.1) is 0 Å². The van der Waals surface area contributed by atoms with E-state index in [9.17, 15) is 26.7 Å². The number of halogens is 5. The van der Waals surface area contributed by atoms with Crippen molar-refractivity contribution in [2.24, 2.45) is 16.5 Å². The molecule has 0 amide bonds. The number of hydrogen-bond donors (Lipinski definition) is 2. The molecular weight excluding hydrogens is 277 g/mol. The number of hydrogen-bond acceptors (Lipinski definition) is 3. The van der Waals surface area contributed by atoms with Crippen molar-refractivity contribution in [2.45, 2.75) is 0 Å². The molecule has 0 spiro atoms. The molecule has 1 aromatic carbocycles. The molecule has 4 N–H and O–H groups in total. The third-order valence-electron chi connectivity index (χ3n) is 1.78. The molecule has 0 saturated heterocycles. The fourth-order valence-electron chi connectivity index (χ4n) is 0.976. The van der Waals surface area contributed by atoms with Crippen molar-refractivity contribution in [1.29, 1.82) is 0 Å². The molecule has 0 heterocycles. The smallest absolute Gasteiger partial charge is 0.333 e. The second-order valence-corrected chi connectivity index (χ2v) is 3.11. The van der Waals surface area contributed by atoms with E-state index in [0.29, 0.717) is 0 Å². The number of benzene rings is 1. The summed E-state index contributed by atoms with van der Waals surface area (Å²) >= 11 is 0. The Morgan fingerprint density at radius 3 is 1.79 bits per heavy atom. The molecule has 0 saturated carbocycles. The Hall–Kier alpha value is -2.39. The summed E-state index contributed by atoms with van der Waals surface area (Å²) in [6.45, 7) is -0.845. The average molecular weight is 283 g/mol. The van der Waals surface area contributed by atoms with Gasteiger partial charge in [0, 0.05) is 0 Å². The van der Waals surface area contributed by atoms with Crippen molar-refractivity contribution in [1.82, 2.24) is 0 Å². The number of ether oxygens (including phenoxy) is 1. The third kappa shape index (κ3) is 3.09. The van der Waals surface area contributed by atoms with Gasteiger partial charge in [-0.05, 0) is 0 Å². The van der Waals surface area contributed by atoms with Crippen molar-refractivity contribution in [3.05, 3.63) is 29.1 Å². The fourth-order valence-corrected chi connectivity index (χ4v) is 0.976. The molecule has 0 aliphatic heterocycles. The van der Waals surface area contributed by atoms with Gasteiger partial charge >= 0.3 is 5.97 Å². The molecule has 0 aromatic heterocycles. The first-order valence-electron chi connectivity index (χ1n) is 4.53. The summed E-state index contributed by atoms with van der Waals surface area (Å²) in [7, 11) is 0. The van der Waals surface area contributed by atoms with Gasteiger partial charge in [0.2, 0.25) is 34.8 Å². The van der Waals surface area contributed by atoms with Crippen LogP contribution in [0.4, 0.5) is 22.0 Å². The Labute approximate surface area is 102 Å². The zero-order chi connectivity index (χ0) is 14.7. The first-order valence-corrected chi connectivity index (χ1v) is 4.53. The lowest BCUT2D eigenvalue weighted by molar-refractivity contribution is -0.133. The van der Waals surface area contributed by atoms with Crippen molar-refractivity contribution < 1.29 is 31.5 Å². The van der Waals surface area contributed by atoms with Crippen LogP contribution in [0.3, 0.4) is 0 Å². The van der Waals surface area contributed by atoms with Crippen LogP contribution >= 0.6 is 0 Å². The van der Waals surface area contributed by atoms with Crippen LogP contribution in [0.1, 0.15) is 0 Å². The predicted molar refractivity (Wildman–Crippen MR) is 52.5 cm³/mol. The van der Waals surface area contributed by atoms with Gasteiger partial charge in [-0.1, -0.05) is 0 Å². The van der Waals surface area contributed by atoms with Crippen LogP contribution in [-0.2, 0) is 4.79 Å². The highest BCUT2D eigenvalue weighted by molar-refractivity contribution is 5.81. The number of rotatable bonds is 3. The van der Waals surface area contributed by atoms with E-state index in [0.717, 1.165) is 0 Å². The molecule has 0 radical (unpaired) electrons. The molecular formula is C9H6F5N3O2. The fraction of sp³-hybridized carbons (Fsp3) is 0.111. The Kier molecular flexibility index (Phi) is 4.25. The maximum Gasteiger partial charge on any atom is 0.333 e. The summed E-state index contributed by atoms with van der Waals surface area (Å²) < 4.78 is 68.3. The largest absolute Gasteiger partial charge is 0.419 e. The van der Waals surface area contributed by atoms with Crippen LogP contribution in [0.2, 0.25) is 0 Å². The number of aliphatic imine (C=N–C) groups is 1. The molecule has 0 aliphatic carbocycles. The van der Waals surface area contributed by atoms with Crippen molar-refractivity contribution in [2.75, 3.05) is 6.54 Å². The number of nitrogens with two attached hydrogens (primary N) is 2. The Bertz CT molecular complexity index is 528. The third-order valence-corrected chi connectivity index (χ3v) is 1.78. The second-order valence-electron chi connectivity index (χ2n) is 3.11. The predicted octanol–water partition coefficient (Wildman–Crippen LogP) is 0.561. The van der Waals surface area contributed by atoms with E-state index in [1.54, 1.807) is 0 Å². The van der Waals surface area contributed by atoms with Gasteiger partial charge in [-0.3, -0.25) is 0 Å². The molecule has 0 atom stereocenters. The van der Waals surface area contributed by atoms with E-state index in [1.807, 2.05) is 0 Å². The van der Waals surface area contributed by atoms with E-state index in [1.165, 1.54) is 0 Å². The molecule has 19 heavy (non-hydrogen) atoms. The van der Waals surface area contributed by atoms with E-state index >= 15 is 0 Å². The molecule has 0 fully saturated rings. The van der Waals surface area contributed by atoms with Gasteiger partial charge in [-0.15, -0.1) is 0 Å². The average Bonchev–Trinajstić information content (AvgIpc) is 2.36. The van der Waals surface area contributed by atoms with Gasteiger partial charge in [-0.25, -0.2) is 23.0 Å². The number of carbonyl (C=O) groups excluding carboxylic acids is 1. The molecule has 104 valence electrons. The van der Waals surface area contributed by atoms with Gasteiger partial charge < -0.3 is 16.2 Å². The molecule has 0 aliphatic rings. The quantitative estimate of drug-likeness (QED) is 0.161. The molecule has 5 nitrogen and oxygen atoms in total. The lowest BCUT2D eigenvalue weighted by Crippen LogP contribution is -2.25. The van der Waals surface area contributed by atoms with Crippen molar-refractivity contribution in [3.63, 3.8) is 0 Å². The zero-order valence-corrected chi connectivity index (χ0v) is 9.02. The van der Waals surface area contributed by atoms with Crippen LogP contribution in [0.15, 0.2) is 4.99 Å². The van der Waals surface area contributed by atoms with E-state index in [2.05, 4.69) is 9.73 Å². The minimum absolute atomic E-state index is 0.519. The minimum Gasteiger partial charge on any atom is -0.419 e. The topological polar surface area (TPSA) is 90.7 Å². The lowest BCUT2D eigenvalue weighted by Gasteiger charge is -2.07. The maximum atomic E-state index is 13.1. The van der Waals surface area contributed by atoms with Crippen LogP contribution in [0.5, 0.6) is 5.75 Å². The summed E-state index contributed by atoms with van der Waals surface area (Å²) in [6.07, 6.45) is 0. The molecule has 1 aromatic rings. The highest BCUT2D eigenvalue weighted by Gasteiger charge is 2.28. The van der Waals surface area contributed by atoms with Crippen LogP contribution in [0, 0.1) is 29.1 Å². The van der Waals surface area contributed by atoms with Gasteiger partial charge in [-0.2, -0.15) is 8.78 Å². The number of guanidine groups is 1. The number of carbonyl (C=O) groups is 1. The highest BCUT2D eigenvalue weighted by Crippen LogP contribution is 2.29. The Morgan fingerprint density at radius 1 is 0.947 bits per heavy atom. The number of esters is 1. The second kappa shape index (κ2) is 5.50. The Morgan fingerprint density at radius 2 is 1.37 bits per heavy atom. The highest BCUT2D eigenvalue weighted by atomic mass is 19.2. The van der Waals surface area contributed by atoms with Gasteiger partial charge in [0.1, 0.15) is 6.54 Å². The van der Waals surface area contributed by atoms with E-state index < -0.39 is 53.3 Å². The van der Waals surface area contributed by atoms with E-state index in [-0.39, 0.29) is 0 Å². The van der Waals surface area contributed by atoms with Crippen molar-refractivity contribution in [3.8, 4) is 5.75 Å². The van der Waals surface area contributed by atoms with Crippen molar-refractivity contribution >= 4 is 11.9 Å². The van der Waals surface area contributed by atoms with E-state index in [4.69, 9.17) is 11.5 Å².